The van der Waals surface area contributed by atoms with Crippen LogP contribution in [0.2, 0.25) is 0 Å². The van der Waals surface area contributed by atoms with E-state index >= 15 is 0 Å². The van der Waals surface area contributed by atoms with Crippen LogP contribution in [0.15, 0.2) is 41.6 Å². The van der Waals surface area contributed by atoms with Gasteiger partial charge in [0, 0.05) is 6.20 Å². The Morgan fingerprint density at radius 3 is 2.48 bits per heavy atom. The van der Waals surface area contributed by atoms with Gasteiger partial charge in [-0.2, -0.15) is 0 Å². The number of amides is 1. The number of nitrogens with one attached hydrogen (secondary N) is 1. The molecule has 0 bridgehead atoms. The third-order valence-corrected chi connectivity index (χ3v) is 3.43. The Hall–Kier alpha value is -2.39. The number of anilines is 1. The highest BCUT2D eigenvalue weighted by Crippen LogP contribution is 2.22. The molecule has 0 atom stereocenters. The molecule has 0 aliphatic carbocycles. The molecule has 3 N–H and O–H groups in total. The van der Waals surface area contributed by atoms with Crippen molar-refractivity contribution in [3.8, 4) is 0 Å². The predicted molar refractivity (Wildman–Crippen MR) is 69.9 cm³/mol. The molecule has 0 unspecified atom stereocenters. The number of pyridine rings is 1. The lowest BCUT2D eigenvalue weighted by Crippen LogP contribution is -2.19. The van der Waals surface area contributed by atoms with Crippen LogP contribution in [0.3, 0.4) is 0 Å². The average molecular weight is 313 g/mol. The lowest BCUT2D eigenvalue weighted by atomic mass is 10.2. The van der Waals surface area contributed by atoms with E-state index in [0.29, 0.717) is 0 Å². The predicted octanol–water partition coefficient (Wildman–Crippen LogP) is 1.26. The molecule has 0 saturated carbocycles. The molecule has 21 heavy (non-hydrogen) atoms. The summed E-state index contributed by atoms with van der Waals surface area (Å²) in [6.07, 6.45) is 1.98. The smallest absolute Gasteiger partial charge is 0.257 e. The highest BCUT2D eigenvalue weighted by atomic mass is 32.2. The molecule has 2 rings (SSSR count). The summed E-state index contributed by atoms with van der Waals surface area (Å²) in [4.78, 5) is 14.9. The van der Waals surface area contributed by atoms with Gasteiger partial charge >= 0.3 is 0 Å². The van der Waals surface area contributed by atoms with Crippen molar-refractivity contribution in [2.75, 3.05) is 5.32 Å². The number of hydrogen-bond donors (Lipinski definition) is 2. The summed E-state index contributed by atoms with van der Waals surface area (Å²) in [5.41, 5.74) is -0.494. The number of nitrogens with two attached hydrogens (primary N) is 1. The summed E-state index contributed by atoms with van der Waals surface area (Å²) in [7, 11) is -4.16. The van der Waals surface area contributed by atoms with Crippen molar-refractivity contribution in [3.63, 3.8) is 0 Å². The summed E-state index contributed by atoms with van der Waals surface area (Å²) in [6, 6.07) is 3.51. The number of hydrogen-bond acceptors (Lipinski definition) is 4. The van der Waals surface area contributed by atoms with E-state index in [1.807, 2.05) is 0 Å². The van der Waals surface area contributed by atoms with Crippen molar-refractivity contribution in [1.29, 1.82) is 0 Å². The number of benzene rings is 1. The van der Waals surface area contributed by atoms with Crippen LogP contribution in [0.25, 0.3) is 0 Å². The van der Waals surface area contributed by atoms with E-state index in [-0.39, 0.29) is 11.3 Å². The van der Waals surface area contributed by atoms with Crippen molar-refractivity contribution < 1.29 is 22.0 Å². The molecule has 0 saturated heterocycles. The topological polar surface area (TPSA) is 102 Å². The molecule has 0 fully saturated rings. The zero-order chi connectivity index (χ0) is 15.6. The van der Waals surface area contributed by atoms with Crippen molar-refractivity contribution in [1.82, 2.24) is 4.98 Å². The first-order valence-corrected chi connectivity index (χ1v) is 7.06. The normalized spacial score (nSPS) is 11.2. The maximum atomic E-state index is 13.2. The van der Waals surface area contributed by atoms with Gasteiger partial charge in [-0.1, -0.05) is 0 Å². The minimum absolute atomic E-state index is 0.153. The first-order valence-electron chi connectivity index (χ1n) is 5.51. The fraction of sp³-hybridized carbons (Fsp3) is 0. The summed E-state index contributed by atoms with van der Waals surface area (Å²) in [6.45, 7) is 0. The molecule has 1 aromatic heterocycles. The molecule has 6 nitrogen and oxygen atoms in total. The number of rotatable bonds is 3. The minimum Gasteiger partial charge on any atom is -0.321 e. The Kier molecular flexibility index (Phi) is 3.96. The molecule has 0 aliphatic heterocycles. The Morgan fingerprint density at radius 1 is 1.14 bits per heavy atom. The number of sulfonamides is 1. The van der Waals surface area contributed by atoms with Crippen LogP contribution in [-0.4, -0.2) is 19.3 Å². The van der Waals surface area contributed by atoms with Gasteiger partial charge in [0.15, 0.2) is 0 Å². The number of halogens is 2. The maximum absolute atomic E-state index is 13.2. The van der Waals surface area contributed by atoms with Crippen molar-refractivity contribution >= 4 is 21.6 Å². The number of carbonyl (C=O) groups excluding carboxylic acids is 1. The Morgan fingerprint density at radius 2 is 1.86 bits per heavy atom. The second-order valence-electron chi connectivity index (χ2n) is 4.03. The van der Waals surface area contributed by atoms with E-state index in [0.717, 1.165) is 36.7 Å². The average Bonchev–Trinajstić information content (AvgIpc) is 2.37. The van der Waals surface area contributed by atoms with Gasteiger partial charge in [-0.05, 0) is 24.3 Å². The largest absolute Gasteiger partial charge is 0.321 e. The van der Waals surface area contributed by atoms with Gasteiger partial charge in [-0.15, -0.1) is 0 Å². The molecule has 0 spiro atoms. The van der Waals surface area contributed by atoms with Gasteiger partial charge in [-0.3, -0.25) is 9.78 Å². The first kappa shape index (κ1) is 15.0. The third kappa shape index (κ3) is 3.58. The van der Waals surface area contributed by atoms with Crippen LogP contribution in [0, 0.1) is 11.6 Å². The number of carbonyl (C=O) groups is 1. The van der Waals surface area contributed by atoms with Gasteiger partial charge in [0.05, 0.1) is 17.4 Å². The molecular weight excluding hydrogens is 304 g/mol. The molecule has 1 heterocycles. The molecular formula is C12H9F2N3O3S. The number of aromatic nitrogens is 1. The van der Waals surface area contributed by atoms with E-state index in [1.165, 1.54) is 0 Å². The monoisotopic (exact) mass is 313 g/mol. The van der Waals surface area contributed by atoms with E-state index in [4.69, 9.17) is 5.14 Å². The van der Waals surface area contributed by atoms with Gasteiger partial charge in [0.2, 0.25) is 10.0 Å². The summed E-state index contributed by atoms with van der Waals surface area (Å²) < 4.78 is 48.9. The van der Waals surface area contributed by atoms with Crippen LogP contribution in [0.1, 0.15) is 10.4 Å². The zero-order valence-electron chi connectivity index (χ0n) is 10.4. The van der Waals surface area contributed by atoms with E-state index in [1.54, 1.807) is 0 Å². The zero-order valence-corrected chi connectivity index (χ0v) is 11.2. The van der Waals surface area contributed by atoms with Crippen LogP contribution >= 0.6 is 0 Å². The molecule has 9 heteroatoms. The molecule has 0 radical (unpaired) electrons. The maximum Gasteiger partial charge on any atom is 0.257 e. The fourth-order valence-electron chi connectivity index (χ4n) is 1.58. The van der Waals surface area contributed by atoms with Gasteiger partial charge in [-0.25, -0.2) is 22.3 Å². The summed E-state index contributed by atoms with van der Waals surface area (Å²) in [5, 5.41) is 7.13. The summed E-state index contributed by atoms with van der Waals surface area (Å²) in [5.74, 6) is -2.36. The molecule has 1 aromatic carbocycles. The van der Waals surface area contributed by atoms with Crippen LogP contribution in [0.4, 0.5) is 14.5 Å². The van der Waals surface area contributed by atoms with E-state index in [9.17, 15) is 22.0 Å². The van der Waals surface area contributed by atoms with Gasteiger partial charge in [0.1, 0.15) is 16.5 Å². The lowest BCUT2D eigenvalue weighted by Gasteiger charge is -2.09. The molecule has 2 aromatic rings. The molecule has 110 valence electrons. The molecule has 1 amide bonds. The van der Waals surface area contributed by atoms with Crippen LogP contribution < -0.4 is 10.5 Å². The van der Waals surface area contributed by atoms with Crippen molar-refractivity contribution in [2.45, 2.75) is 4.90 Å². The van der Waals surface area contributed by atoms with Crippen LogP contribution in [0.5, 0.6) is 0 Å². The quantitative estimate of drug-likeness (QED) is 0.890. The van der Waals surface area contributed by atoms with E-state index < -0.39 is 32.5 Å². The van der Waals surface area contributed by atoms with E-state index in [2.05, 4.69) is 10.3 Å². The molecule has 0 aliphatic rings. The number of primary sulfonamides is 1. The van der Waals surface area contributed by atoms with Crippen molar-refractivity contribution in [2.24, 2.45) is 5.14 Å². The van der Waals surface area contributed by atoms with Gasteiger partial charge < -0.3 is 5.32 Å². The van der Waals surface area contributed by atoms with Gasteiger partial charge in [0.25, 0.3) is 5.91 Å². The SMILES string of the molecule is NS(=O)(=O)c1ccc(F)cc1NC(=O)c1cncc(F)c1. The third-order valence-electron chi connectivity index (χ3n) is 2.46. The van der Waals surface area contributed by atoms with Crippen LogP contribution in [-0.2, 0) is 10.0 Å². The first-order chi connectivity index (χ1) is 9.77. The second kappa shape index (κ2) is 5.54. The summed E-state index contributed by atoms with van der Waals surface area (Å²) >= 11 is 0. The lowest BCUT2D eigenvalue weighted by molar-refractivity contribution is 0.102. The Balaban J connectivity index is 2.40. The van der Waals surface area contributed by atoms with Crippen molar-refractivity contribution in [3.05, 3.63) is 53.9 Å². The Labute approximate surface area is 118 Å². The standard InChI is InChI=1S/C12H9F2N3O3S/c13-8-1-2-11(21(15,19)20)10(4-8)17-12(18)7-3-9(14)6-16-5-7/h1-6H,(H,17,18)(H2,15,19,20). The highest BCUT2D eigenvalue weighted by molar-refractivity contribution is 7.89. The fourth-order valence-corrected chi connectivity index (χ4v) is 2.25. The second-order valence-corrected chi connectivity index (χ2v) is 5.56. The minimum atomic E-state index is -4.16. The highest BCUT2D eigenvalue weighted by Gasteiger charge is 2.17. The number of nitrogens with zero attached hydrogens (tertiary/aromatic N) is 1. The Bertz CT molecular complexity index is 809.